The highest BCUT2D eigenvalue weighted by atomic mass is 19.1. The highest BCUT2D eigenvalue weighted by Crippen LogP contribution is 2.41. The van der Waals surface area contributed by atoms with Crippen LogP contribution in [0, 0.1) is 5.82 Å². The van der Waals surface area contributed by atoms with Crippen molar-refractivity contribution in [2.75, 3.05) is 12.1 Å². The lowest BCUT2D eigenvalue weighted by Crippen LogP contribution is -2.24. The van der Waals surface area contributed by atoms with E-state index in [4.69, 9.17) is 9.47 Å². The molecule has 0 unspecified atom stereocenters. The molecule has 6 nitrogen and oxygen atoms in total. The Balaban J connectivity index is 1.59. The van der Waals surface area contributed by atoms with E-state index in [1.165, 1.54) is 12.1 Å². The number of benzene rings is 2. The van der Waals surface area contributed by atoms with Crippen LogP contribution < -0.4 is 14.8 Å². The van der Waals surface area contributed by atoms with Gasteiger partial charge >= 0.3 is 0 Å². The van der Waals surface area contributed by atoms with Crippen molar-refractivity contribution in [2.45, 2.75) is 12.3 Å². The highest BCUT2D eigenvalue weighted by molar-refractivity contribution is 5.94. The second-order valence-corrected chi connectivity index (χ2v) is 6.25. The molecule has 0 fully saturated rings. The quantitative estimate of drug-likeness (QED) is 0.770. The van der Waals surface area contributed by atoms with E-state index in [0.717, 1.165) is 11.1 Å². The van der Waals surface area contributed by atoms with Crippen LogP contribution in [0.2, 0.25) is 0 Å². The van der Waals surface area contributed by atoms with Gasteiger partial charge in [-0.25, -0.2) is 9.07 Å². The first kappa shape index (κ1) is 14.9. The molecule has 3 aromatic rings. The lowest BCUT2D eigenvalue weighted by Gasteiger charge is -2.24. The number of rotatable bonds is 2. The molecule has 0 spiro atoms. The Bertz CT molecular complexity index is 1010. The van der Waals surface area contributed by atoms with E-state index in [1.807, 2.05) is 18.2 Å². The van der Waals surface area contributed by atoms with Crippen LogP contribution in [0.5, 0.6) is 11.5 Å². The smallest absolute Gasteiger partial charge is 0.231 e. The molecule has 1 atom stereocenters. The van der Waals surface area contributed by atoms with Gasteiger partial charge in [-0.3, -0.25) is 4.79 Å². The zero-order chi connectivity index (χ0) is 17.7. The van der Waals surface area contributed by atoms with E-state index in [0.29, 0.717) is 29.4 Å². The third-order valence-corrected chi connectivity index (χ3v) is 4.69. The van der Waals surface area contributed by atoms with Crippen LogP contribution >= 0.6 is 0 Å². The zero-order valence-electron chi connectivity index (χ0n) is 13.6. The summed E-state index contributed by atoms with van der Waals surface area (Å²) >= 11 is 0. The Labute approximate surface area is 148 Å². The second kappa shape index (κ2) is 5.59. The Morgan fingerprint density at radius 3 is 2.77 bits per heavy atom. The number of ether oxygens (including phenoxy) is 2. The molecule has 26 heavy (non-hydrogen) atoms. The molecule has 2 aromatic carbocycles. The Morgan fingerprint density at radius 2 is 1.92 bits per heavy atom. The minimum atomic E-state index is -0.322. The number of nitrogens with one attached hydrogen (secondary N) is 1. The number of aromatic nitrogens is 2. The number of carbonyl (C=O) groups excluding carboxylic acids is 1. The Kier molecular flexibility index (Phi) is 3.21. The Hall–Kier alpha value is -3.35. The van der Waals surface area contributed by atoms with E-state index in [9.17, 15) is 9.18 Å². The summed E-state index contributed by atoms with van der Waals surface area (Å²) in [5.74, 6) is 1.44. The summed E-state index contributed by atoms with van der Waals surface area (Å²) < 4.78 is 25.6. The fourth-order valence-electron chi connectivity index (χ4n) is 3.43. The van der Waals surface area contributed by atoms with Crippen LogP contribution in [0.1, 0.15) is 23.5 Å². The van der Waals surface area contributed by atoms with Crippen LogP contribution in [0.3, 0.4) is 0 Å². The predicted octanol–water partition coefficient (Wildman–Crippen LogP) is 3.21. The molecule has 1 aromatic heterocycles. The Morgan fingerprint density at radius 1 is 1.12 bits per heavy atom. The van der Waals surface area contributed by atoms with E-state index in [1.54, 1.807) is 23.0 Å². The van der Waals surface area contributed by atoms with E-state index < -0.39 is 0 Å². The molecular formula is C19H14FN3O3. The van der Waals surface area contributed by atoms with Gasteiger partial charge in [0.1, 0.15) is 11.6 Å². The standard InChI is InChI=1S/C19H14FN3O3/c20-12-2-4-13(5-3-12)23-19-15(9-21-23)14(8-18(24)22-19)11-1-6-16-17(7-11)26-10-25-16/h1-7,9,14H,8,10H2,(H,22,24)/t14-/m0/s1. The summed E-state index contributed by atoms with van der Waals surface area (Å²) in [6.07, 6.45) is 2.06. The fourth-order valence-corrected chi connectivity index (χ4v) is 3.43. The number of nitrogens with zero attached hydrogens (tertiary/aromatic N) is 2. The maximum atomic E-state index is 13.2. The van der Waals surface area contributed by atoms with Crippen LogP contribution in [0.15, 0.2) is 48.7 Å². The van der Waals surface area contributed by atoms with Gasteiger partial charge in [0.05, 0.1) is 11.9 Å². The van der Waals surface area contributed by atoms with Gasteiger partial charge in [0.25, 0.3) is 0 Å². The van der Waals surface area contributed by atoms with Gasteiger partial charge in [-0.05, 0) is 42.0 Å². The number of hydrogen-bond acceptors (Lipinski definition) is 4. The molecule has 1 amide bonds. The van der Waals surface area contributed by atoms with Crippen LogP contribution in [-0.4, -0.2) is 22.5 Å². The minimum Gasteiger partial charge on any atom is -0.454 e. The summed E-state index contributed by atoms with van der Waals surface area (Å²) in [6, 6.07) is 11.7. The number of anilines is 1. The lowest BCUT2D eigenvalue weighted by atomic mass is 9.87. The van der Waals surface area contributed by atoms with Gasteiger partial charge in [0, 0.05) is 17.9 Å². The summed E-state index contributed by atoms with van der Waals surface area (Å²) in [5, 5.41) is 7.29. The van der Waals surface area contributed by atoms with E-state index in [-0.39, 0.29) is 24.4 Å². The van der Waals surface area contributed by atoms with Gasteiger partial charge in [0.2, 0.25) is 12.7 Å². The third kappa shape index (κ3) is 2.32. The van der Waals surface area contributed by atoms with Crippen molar-refractivity contribution in [2.24, 2.45) is 0 Å². The van der Waals surface area contributed by atoms with E-state index in [2.05, 4.69) is 10.4 Å². The molecule has 2 aliphatic heterocycles. The van der Waals surface area contributed by atoms with Gasteiger partial charge in [-0.1, -0.05) is 6.07 Å². The van der Waals surface area contributed by atoms with E-state index >= 15 is 0 Å². The molecule has 7 heteroatoms. The number of amides is 1. The van der Waals surface area contributed by atoms with Crippen molar-refractivity contribution in [1.82, 2.24) is 9.78 Å². The molecular weight excluding hydrogens is 337 g/mol. The third-order valence-electron chi connectivity index (χ3n) is 4.69. The monoisotopic (exact) mass is 351 g/mol. The topological polar surface area (TPSA) is 65.4 Å². The first-order chi connectivity index (χ1) is 12.7. The van der Waals surface area contributed by atoms with Gasteiger partial charge < -0.3 is 14.8 Å². The summed E-state index contributed by atoms with van der Waals surface area (Å²) in [7, 11) is 0. The molecule has 0 saturated heterocycles. The molecule has 0 saturated carbocycles. The van der Waals surface area contributed by atoms with Crippen LogP contribution in [0.25, 0.3) is 5.69 Å². The SMILES string of the molecule is O=C1C[C@@H](c2ccc3c(c2)OCO3)c2cnn(-c3ccc(F)cc3)c2N1. The molecule has 3 heterocycles. The molecule has 2 aliphatic rings. The van der Waals surface area contributed by atoms with Crippen molar-refractivity contribution < 1.29 is 18.7 Å². The minimum absolute atomic E-state index is 0.0935. The van der Waals surface area contributed by atoms with Gasteiger partial charge in [-0.2, -0.15) is 5.10 Å². The largest absolute Gasteiger partial charge is 0.454 e. The molecule has 5 rings (SSSR count). The van der Waals surface area contributed by atoms with Crippen LogP contribution in [0.4, 0.5) is 10.2 Å². The molecule has 0 radical (unpaired) electrons. The van der Waals surface area contributed by atoms with Crippen molar-refractivity contribution in [3.05, 3.63) is 65.6 Å². The highest BCUT2D eigenvalue weighted by Gasteiger charge is 2.31. The normalized spacial score (nSPS) is 17.7. The average molecular weight is 351 g/mol. The van der Waals surface area contributed by atoms with Crippen LogP contribution in [-0.2, 0) is 4.79 Å². The van der Waals surface area contributed by atoms with Gasteiger partial charge in [0.15, 0.2) is 11.5 Å². The number of carbonyl (C=O) groups is 1. The lowest BCUT2D eigenvalue weighted by molar-refractivity contribution is -0.116. The van der Waals surface area contributed by atoms with Crippen molar-refractivity contribution in [3.8, 4) is 17.2 Å². The summed E-state index contributed by atoms with van der Waals surface area (Å²) in [5.41, 5.74) is 2.55. The van der Waals surface area contributed by atoms with Crippen molar-refractivity contribution in [3.63, 3.8) is 0 Å². The fraction of sp³-hybridized carbons (Fsp3) is 0.158. The van der Waals surface area contributed by atoms with Gasteiger partial charge in [-0.15, -0.1) is 0 Å². The summed E-state index contributed by atoms with van der Waals surface area (Å²) in [6.45, 7) is 0.206. The maximum absolute atomic E-state index is 13.2. The second-order valence-electron chi connectivity index (χ2n) is 6.25. The predicted molar refractivity (Wildman–Crippen MR) is 91.2 cm³/mol. The number of fused-ring (bicyclic) bond motifs is 2. The average Bonchev–Trinajstić information content (AvgIpc) is 3.27. The molecule has 0 bridgehead atoms. The first-order valence-corrected chi connectivity index (χ1v) is 8.22. The molecule has 130 valence electrons. The van der Waals surface area contributed by atoms with Crippen molar-refractivity contribution in [1.29, 1.82) is 0 Å². The maximum Gasteiger partial charge on any atom is 0.231 e. The number of halogens is 1. The first-order valence-electron chi connectivity index (χ1n) is 8.22. The number of hydrogen-bond donors (Lipinski definition) is 1. The zero-order valence-corrected chi connectivity index (χ0v) is 13.6. The molecule has 0 aliphatic carbocycles. The summed E-state index contributed by atoms with van der Waals surface area (Å²) in [4.78, 5) is 12.3. The van der Waals surface area contributed by atoms with Crippen molar-refractivity contribution >= 4 is 11.7 Å². The molecule has 1 N–H and O–H groups in total.